The van der Waals surface area contributed by atoms with Crippen molar-refractivity contribution in [3.05, 3.63) is 35.1 Å². The van der Waals surface area contributed by atoms with Crippen molar-refractivity contribution in [1.82, 2.24) is 10.2 Å². The van der Waals surface area contributed by atoms with Crippen molar-refractivity contribution in [3.63, 3.8) is 0 Å². The van der Waals surface area contributed by atoms with Gasteiger partial charge in [-0.2, -0.15) is 0 Å². The molecule has 0 saturated heterocycles. The Morgan fingerprint density at radius 2 is 2.18 bits per heavy atom. The van der Waals surface area contributed by atoms with E-state index >= 15 is 0 Å². The number of aliphatic hydroxyl groups is 1. The molecular formula is C17H25FN2O2. The van der Waals surface area contributed by atoms with Gasteiger partial charge in [-0.15, -0.1) is 0 Å². The molecular weight excluding hydrogens is 283 g/mol. The predicted molar refractivity (Wildman–Crippen MR) is 84.1 cm³/mol. The van der Waals surface area contributed by atoms with Gasteiger partial charge in [0.25, 0.3) is 0 Å². The van der Waals surface area contributed by atoms with Crippen molar-refractivity contribution in [2.24, 2.45) is 0 Å². The second kappa shape index (κ2) is 7.09. The number of hydrogen-bond acceptors (Lipinski definition) is 2. The Balaban J connectivity index is 2.12. The molecule has 0 spiro atoms. The highest BCUT2D eigenvalue weighted by molar-refractivity contribution is 5.75. The zero-order valence-corrected chi connectivity index (χ0v) is 13.5. The first-order valence-corrected chi connectivity index (χ1v) is 7.92. The largest absolute Gasteiger partial charge is 0.392 e. The Hall–Kier alpha value is -1.62. The zero-order valence-electron chi connectivity index (χ0n) is 13.5. The smallest absolute Gasteiger partial charge is 0.318 e. The molecule has 2 unspecified atom stereocenters. The van der Waals surface area contributed by atoms with Gasteiger partial charge in [0.15, 0.2) is 0 Å². The van der Waals surface area contributed by atoms with E-state index in [-0.39, 0.29) is 23.9 Å². The maximum absolute atomic E-state index is 13.3. The fourth-order valence-electron chi connectivity index (χ4n) is 2.98. The summed E-state index contributed by atoms with van der Waals surface area (Å²) in [6.45, 7) is 5.81. The third kappa shape index (κ3) is 3.97. The molecule has 1 aromatic rings. The van der Waals surface area contributed by atoms with Gasteiger partial charge in [-0.25, -0.2) is 9.18 Å². The van der Waals surface area contributed by atoms with Gasteiger partial charge in [-0.1, -0.05) is 6.07 Å². The normalized spacial score (nSPS) is 18.7. The van der Waals surface area contributed by atoms with Gasteiger partial charge >= 0.3 is 6.03 Å². The first-order valence-electron chi connectivity index (χ1n) is 7.92. The van der Waals surface area contributed by atoms with E-state index < -0.39 is 6.10 Å². The van der Waals surface area contributed by atoms with Gasteiger partial charge in [-0.05, 0) is 63.3 Å². The van der Waals surface area contributed by atoms with E-state index in [0.717, 1.165) is 30.4 Å². The lowest BCUT2D eigenvalue weighted by Crippen LogP contribution is -2.48. The summed E-state index contributed by atoms with van der Waals surface area (Å²) in [5.41, 5.74) is 1.98. The summed E-state index contributed by atoms with van der Waals surface area (Å²) in [6.07, 6.45) is 2.06. The highest BCUT2D eigenvalue weighted by Gasteiger charge is 2.25. The van der Waals surface area contributed by atoms with Crippen molar-refractivity contribution in [2.75, 3.05) is 6.54 Å². The number of halogens is 1. The summed E-state index contributed by atoms with van der Waals surface area (Å²) >= 11 is 0. The van der Waals surface area contributed by atoms with Crippen LogP contribution in [0.5, 0.6) is 0 Å². The number of carbonyl (C=O) groups is 1. The standard InChI is InChI=1S/C17H25FN2O2/c1-11(2)20(10-12(3)21)17(22)19-16-6-4-5-13-9-14(18)7-8-15(13)16/h7-9,11-12,16,21H,4-6,10H2,1-3H3,(H,19,22). The summed E-state index contributed by atoms with van der Waals surface area (Å²) in [4.78, 5) is 14.1. The molecule has 0 bridgehead atoms. The third-order valence-electron chi connectivity index (χ3n) is 4.06. The Labute approximate surface area is 131 Å². The van der Waals surface area contributed by atoms with E-state index in [1.165, 1.54) is 6.07 Å². The average Bonchev–Trinajstić information content (AvgIpc) is 2.44. The SMILES string of the molecule is CC(O)CN(C(=O)NC1CCCc2cc(F)ccc21)C(C)C. The third-order valence-corrected chi connectivity index (χ3v) is 4.06. The van der Waals surface area contributed by atoms with Crippen LogP contribution < -0.4 is 5.32 Å². The van der Waals surface area contributed by atoms with Gasteiger partial charge in [0, 0.05) is 12.6 Å². The number of carbonyl (C=O) groups excluding carboxylic acids is 1. The van der Waals surface area contributed by atoms with E-state index in [0.29, 0.717) is 6.54 Å². The minimum Gasteiger partial charge on any atom is -0.392 e. The number of nitrogens with one attached hydrogen (secondary N) is 1. The van der Waals surface area contributed by atoms with Crippen molar-refractivity contribution in [3.8, 4) is 0 Å². The minimum absolute atomic E-state index is 0.00544. The number of nitrogens with zero attached hydrogens (tertiary/aromatic N) is 1. The molecule has 0 fully saturated rings. The first-order chi connectivity index (χ1) is 10.4. The first kappa shape index (κ1) is 16.7. The van der Waals surface area contributed by atoms with Crippen LogP contribution in [0.25, 0.3) is 0 Å². The van der Waals surface area contributed by atoms with Gasteiger partial charge < -0.3 is 15.3 Å². The lowest BCUT2D eigenvalue weighted by molar-refractivity contribution is 0.117. The Bertz CT molecular complexity index is 531. The molecule has 22 heavy (non-hydrogen) atoms. The van der Waals surface area contributed by atoms with Crippen molar-refractivity contribution in [1.29, 1.82) is 0 Å². The van der Waals surface area contributed by atoms with Gasteiger partial charge in [0.05, 0.1) is 12.1 Å². The minimum atomic E-state index is -0.569. The highest BCUT2D eigenvalue weighted by Crippen LogP contribution is 2.30. The van der Waals surface area contributed by atoms with Crippen LogP contribution in [0.15, 0.2) is 18.2 Å². The average molecular weight is 308 g/mol. The van der Waals surface area contributed by atoms with Crippen LogP contribution in [0.3, 0.4) is 0 Å². The molecule has 0 heterocycles. The number of fused-ring (bicyclic) bond motifs is 1. The zero-order chi connectivity index (χ0) is 16.3. The number of amides is 2. The number of hydrogen-bond donors (Lipinski definition) is 2. The van der Waals surface area contributed by atoms with E-state index in [1.807, 2.05) is 13.8 Å². The quantitative estimate of drug-likeness (QED) is 0.898. The molecule has 2 rings (SSSR count). The summed E-state index contributed by atoms with van der Waals surface area (Å²) < 4.78 is 13.3. The summed E-state index contributed by atoms with van der Waals surface area (Å²) in [6, 6.07) is 4.50. The fraction of sp³-hybridized carbons (Fsp3) is 0.588. The predicted octanol–water partition coefficient (Wildman–Crippen LogP) is 3.00. The van der Waals surface area contributed by atoms with Crippen LogP contribution in [0, 0.1) is 5.82 Å². The van der Waals surface area contributed by atoms with E-state index in [1.54, 1.807) is 24.0 Å². The molecule has 0 aliphatic heterocycles. The monoisotopic (exact) mass is 308 g/mol. The molecule has 4 nitrogen and oxygen atoms in total. The highest BCUT2D eigenvalue weighted by atomic mass is 19.1. The van der Waals surface area contributed by atoms with Gasteiger partial charge in [-0.3, -0.25) is 0 Å². The van der Waals surface area contributed by atoms with Crippen LogP contribution in [-0.4, -0.2) is 34.7 Å². The van der Waals surface area contributed by atoms with Crippen LogP contribution in [0.2, 0.25) is 0 Å². The molecule has 2 atom stereocenters. The summed E-state index contributed by atoms with van der Waals surface area (Å²) in [7, 11) is 0. The molecule has 1 aliphatic rings. The number of rotatable bonds is 4. The maximum atomic E-state index is 13.3. The summed E-state index contributed by atoms with van der Waals surface area (Å²) in [5.74, 6) is -0.233. The Morgan fingerprint density at radius 3 is 2.82 bits per heavy atom. The lowest BCUT2D eigenvalue weighted by atomic mass is 9.87. The topological polar surface area (TPSA) is 52.6 Å². The molecule has 1 aliphatic carbocycles. The van der Waals surface area contributed by atoms with Crippen LogP contribution >= 0.6 is 0 Å². The Kier molecular flexibility index (Phi) is 5.40. The fourth-order valence-corrected chi connectivity index (χ4v) is 2.98. The second-order valence-corrected chi connectivity index (χ2v) is 6.33. The molecule has 5 heteroatoms. The molecule has 1 aromatic carbocycles. The van der Waals surface area contributed by atoms with Crippen molar-refractivity contribution in [2.45, 2.75) is 58.2 Å². The maximum Gasteiger partial charge on any atom is 0.318 e. The lowest BCUT2D eigenvalue weighted by Gasteiger charge is -2.32. The van der Waals surface area contributed by atoms with E-state index in [9.17, 15) is 14.3 Å². The molecule has 0 radical (unpaired) electrons. The molecule has 0 aromatic heterocycles. The van der Waals surface area contributed by atoms with Gasteiger partial charge in [0.2, 0.25) is 0 Å². The van der Waals surface area contributed by atoms with Gasteiger partial charge in [0.1, 0.15) is 5.82 Å². The molecule has 2 N–H and O–H groups in total. The molecule has 0 saturated carbocycles. The van der Waals surface area contributed by atoms with E-state index in [4.69, 9.17) is 0 Å². The van der Waals surface area contributed by atoms with Crippen LogP contribution in [0.4, 0.5) is 9.18 Å². The van der Waals surface area contributed by atoms with Crippen molar-refractivity contribution >= 4 is 6.03 Å². The van der Waals surface area contributed by atoms with Crippen LogP contribution in [0.1, 0.15) is 50.8 Å². The number of aryl methyl sites for hydroxylation is 1. The number of benzene rings is 1. The molecule has 2 amide bonds. The number of urea groups is 1. The van der Waals surface area contributed by atoms with Crippen molar-refractivity contribution < 1.29 is 14.3 Å². The molecule has 122 valence electrons. The Morgan fingerprint density at radius 1 is 1.45 bits per heavy atom. The van der Waals surface area contributed by atoms with Crippen LogP contribution in [-0.2, 0) is 6.42 Å². The second-order valence-electron chi connectivity index (χ2n) is 6.33. The van der Waals surface area contributed by atoms with E-state index in [2.05, 4.69) is 5.32 Å². The number of aliphatic hydroxyl groups excluding tert-OH is 1. The summed E-state index contributed by atoms with van der Waals surface area (Å²) in [5, 5.41) is 12.6.